The minimum Gasteiger partial charge on any atom is -0.496 e. The van der Waals surface area contributed by atoms with Gasteiger partial charge in [-0.25, -0.2) is 0 Å². The van der Waals surface area contributed by atoms with Crippen molar-refractivity contribution in [1.29, 1.82) is 0 Å². The van der Waals surface area contributed by atoms with Crippen LogP contribution in [0.2, 0.25) is 0 Å². The Balaban J connectivity index is 1.82. The van der Waals surface area contributed by atoms with E-state index in [1.165, 1.54) is 17.5 Å². The molecule has 2 heteroatoms. The van der Waals surface area contributed by atoms with Gasteiger partial charge in [0.2, 0.25) is 0 Å². The van der Waals surface area contributed by atoms with Crippen LogP contribution in [-0.4, -0.2) is 13.7 Å². The summed E-state index contributed by atoms with van der Waals surface area (Å²) in [5.74, 6) is 1.62. The van der Waals surface area contributed by atoms with E-state index in [4.69, 9.17) is 4.74 Å². The molecule has 0 amide bonds. The lowest BCUT2D eigenvalue weighted by molar-refractivity contribution is 0.388. The third-order valence-electron chi connectivity index (χ3n) is 4.17. The Morgan fingerprint density at radius 3 is 2.60 bits per heavy atom. The van der Waals surface area contributed by atoms with Crippen molar-refractivity contribution in [2.24, 2.45) is 5.92 Å². The Kier molecular flexibility index (Phi) is 4.03. The van der Waals surface area contributed by atoms with E-state index < -0.39 is 0 Å². The zero-order chi connectivity index (χ0) is 13.8. The van der Waals surface area contributed by atoms with Gasteiger partial charge in [-0.15, -0.1) is 0 Å². The molecule has 2 aromatic carbocycles. The molecule has 0 aliphatic carbocycles. The molecule has 1 fully saturated rings. The van der Waals surface area contributed by atoms with Gasteiger partial charge in [-0.2, -0.15) is 0 Å². The molecule has 20 heavy (non-hydrogen) atoms. The van der Waals surface area contributed by atoms with Crippen LogP contribution in [0.15, 0.2) is 54.6 Å². The van der Waals surface area contributed by atoms with Crippen molar-refractivity contribution >= 4 is 0 Å². The lowest BCUT2D eigenvalue weighted by Crippen LogP contribution is -2.20. The summed E-state index contributed by atoms with van der Waals surface area (Å²) in [5.41, 5.74) is 2.70. The van der Waals surface area contributed by atoms with E-state index >= 15 is 0 Å². The minimum absolute atomic E-state index is 0.395. The van der Waals surface area contributed by atoms with Crippen LogP contribution in [-0.2, 0) is 6.42 Å². The first-order valence-electron chi connectivity index (χ1n) is 7.28. The summed E-state index contributed by atoms with van der Waals surface area (Å²) in [6, 6.07) is 19.5. The third-order valence-corrected chi connectivity index (χ3v) is 4.17. The fourth-order valence-corrected chi connectivity index (χ4v) is 3.18. The second-order valence-electron chi connectivity index (χ2n) is 5.41. The van der Waals surface area contributed by atoms with Crippen LogP contribution in [0, 0.1) is 5.92 Å². The van der Waals surface area contributed by atoms with Crippen LogP contribution in [0.25, 0.3) is 0 Å². The van der Waals surface area contributed by atoms with Crippen molar-refractivity contribution in [2.45, 2.75) is 18.9 Å². The molecular formula is C18H21NO. The maximum absolute atomic E-state index is 5.52. The SMILES string of the molecule is COc1ccccc1C1NCCC1Cc1ccccc1. The fraction of sp³-hybridized carbons (Fsp3) is 0.333. The van der Waals surface area contributed by atoms with Gasteiger partial charge in [0, 0.05) is 11.6 Å². The van der Waals surface area contributed by atoms with Crippen LogP contribution >= 0.6 is 0 Å². The third kappa shape index (κ3) is 2.70. The second kappa shape index (κ2) is 6.10. The molecular weight excluding hydrogens is 246 g/mol. The van der Waals surface area contributed by atoms with Crippen LogP contribution in [0.1, 0.15) is 23.6 Å². The highest BCUT2D eigenvalue weighted by atomic mass is 16.5. The molecule has 1 aliphatic rings. The monoisotopic (exact) mass is 267 g/mol. The van der Waals surface area contributed by atoms with Gasteiger partial charge in [-0.3, -0.25) is 0 Å². The van der Waals surface area contributed by atoms with Crippen molar-refractivity contribution in [3.8, 4) is 5.75 Å². The highest BCUT2D eigenvalue weighted by Gasteiger charge is 2.29. The van der Waals surface area contributed by atoms with Crippen LogP contribution in [0.4, 0.5) is 0 Å². The minimum atomic E-state index is 0.395. The number of nitrogens with one attached hydrogen (secondary N) is 1. The lowest BCUT2D eigenvalue weighted by Gasteiger charge is -2.22. The second-order valence-corrected chi connectivity index (χ2v) is 5.41. The molecule has 1 heterocycles. The number of hydrogen-bond donors (Lipinski definition) is 1. The summed E-state index contributed by atoms with van der Waals surface area (Å²) >= 11 is 0. The van der Waals surface area contributed by atoms with Crippen molar-refractivity contribution in [3.05, 3.63) is 65.7 Å². The molecule has 3 rings (SSSR count). The van der Waals surface area contributed by atoms with Gasteiger partial charge >= 0.3 is 0 Å². The van der Waals surface area contributed by atoms with Crippen molar-refractivity contribution in [3.63, 3.8) is 0 Å². The molecule has 1 N–H and O–H groups in total. The van der Waals surface area contributed by atoms with Crippen LogP contribution < -0.4 is 10.1 Å². The van der Waals surface area contributed by atoms with Crippen LogP contribution in [0.5, 0.6) is 5.75 Å². The van der Waals surface area contributed by atoms with E-state index in [1.54, 1.807) is 7.11 Å². The molecule has 0 spiro atoms. The van der Waals surface area contributed by atoms with E-state index in [9.17, 15) is 0 Å². The standard InChI is InChI=1S/C18H21NO/c1-20-17-10-6-5-9-16(17)18-15(11-12-19-18)13-14-7-3-2-4-8-14/h2-10,15,18-19H,11-13H2,1H3. The molecule has 2 atom stereocenters. The topological polar surface area (TPSA) is 21.3 Å². The number of benzene rings is 2. The molecule has 0 saturated carbocycles. The quantitative estimate of drug-likeness (QED) is 0.914. The molecule has 1 aliphatic heterocycles. The molecule has 2 aromatic rings. The first-order valence-corrected chi connectivity index (χ1v) is 7.28. The van der Waals surface area contributed by atoms with Gasteiger partial charge in [0.25, 0.3) is 0 Å². The molecule has 2 nitrogen and oxygen atoms in total. The number of rotatable bonds is 4. The van der Waals surface area contributed by atoms with E-state index in [0.29, 0.717) is 12.0 Å². The molecule has 2 unspecified atom stereocenters. The zero-order valence-corrected chi connectivity index (χ0v) is 11.9. The Hall–Kier alpha value is -1.80. The smallest absolute Gasteiger partial charge is 0.123 e. The Bertz CT molecular complexity index is 552. The average molecular weight is 267 g/mol. The van der Waals surface area contributed by atoms with Crippen molar-refractivity contribution in [2.75, 3.05) is 13.7 Å². The summed E-state index contributed by atoms with van der Waals surface area (Å²) in [6.07, 6.45) is 2.34. The van der Waals surface area contributed by atoms with E-state index in [0.717, 1.165) is 18.7 Å². The summed E-state index contributed by atoms with van der Waals surface area (Å²) in [7, 11) is 1.75. The van der Waals surface area contributed by atoms with E-state index in [-0.39, 0.29) is 0 Å². The Morgan fingerprint density at radius 1 is 1.05 bits per heavy atom. The number of ether oxygens (including phenoxy) is 1. The van der Waals surface area contributed by atoms with Gasteiger partial charge < -0.3 is 10.1 Å². The predicted octanol–water partition coefficient (Wildman–Crippen LogP) is 3.59. The Morgan fingerprint density at radius 2 is 1.80 bits per heavy atom. The van der Waals surface area contributed by atoms with Crippen LogP contribution in [0.3, 0.4) is 0 Å². The highest BCUT2D eigenvalue weighted by molar-refractivity contribution is 5.37. The number of para-hydroxylation sites is 1. The number of hydrogen-bond acceptors (Lipinski definition) is 2. The maximum Gasteiger partial charge on any atom is 0.123 e. The largest absolute Gasteiger partial charge is 0.496 e. The normalized spacial score (nSPS) is 21.9. The Labute approximate surface area is 120 Å². The van der Waals surface area contributed by atoms with Gasteiger partial charge in [-0.1, -0.05) is 48.5 Å². The van der Waals surface area contributed by atoms with Gasteiger partial charge in [0.1, 0.15) is 5.75 Å². The summed E-state index contributed by atoms with van der Waals surface area (Å²) < 4.78 is 5.52. The fourth-order valence-electron chi connectivity index (χ4n) is 3.18. The number of methoxy groups -OCH3 is 1. The summed E-state index contributed by atoms with van der Waals surface area (Å²) in [5, 5.41) is 3.64. The zero-order valence-electron chi connectivity index (χ0n) is 11.9. The van der Waals surface area contributed by atoms with Gasteiger partial charge in [0.05, 0.1) is 7.11 Å². The predicted molar refractivity (Wildman–Crippen MR) is 82.0 cm³/mol. The van der Waals surface area contributed by atoms with Gasteiger partial charge in [-0.05, 0) is 36.9 Å². The molecule has 0 bridgehead atoms. The van der Waals surface area contributed by atoms with Crippen molar-refractivity contribution in [1.82, 2.24) is 5.32 Å². The van der Waals surface area contributed by atoms with Crippen molar-refractivity contribution < 1.29 is 4.74 Å². The summed E-state index contributed by atoms with van der Waals surface area (Å²) in [6.45, 7) is 1.08. The average Bonchev–Trinajstić information content (AvgIpc) is 2.96. The first-order chi connectivity index (χ1) is 9.88. The summed E-state index contributed by atoms with van der Waals surface area (Å²) in [4.78, 5) is 0. The van der Waals surface area contributed by atoms with Gasteiger partial charge in [0.15, 0.2) is 0 Å². The van der Waals surface area contributed by atoms with E-state index in [2.05, 4.69) is 53.8 Å². The molecule has 104 valence electrons. The highest BCUT2D eigenvalue weighted by Crippen LogP contribution is 2.36. The first kappa shape index (κ1) is 13.2. The molecule has 0 radical (unpaired) electrons. The lowest BCUT2D eigenvalue weighted by atomic mass is 9.88. The molecule has 0 aromatic heterocycles. The molecule has 1 saturated heterocycles. The van der Waals surface area contributed by atoms with E-state index in [1.807, 2.05) is 6.07 Å². The maximum atomic E-state index is 5.52.